The van der Waals surface area contributed by atoms with Gasteiger partial charge in [-0.25, -0.2) is 0 Å². The molecule has 1 aromatic rings. The van der Waals surface area contributed by atoms with E-state index in [-0.39, 0.29) is 12.6 Å². The van der Waals surface area contributed by atoms with Gasteiger partial charge in [0.15, 0.2) is 0 Å². The standard InChI is InChI=1S/C14H19NO3/c1-11(16)15(2)14(8-9-14)13(17)18-10-12-6-4-3-5-7-12/h3-7,11,16H,8-10H2,1-2H3. The molecule has 1 aromatic carbocycles. The highest BCUT2D eigenvalue weighted by Gasteiger charge is 2.55. The summed E-state index contributed by atoms with van der Waals surface area (Å²) < 4.78 is 5.33. The Hall–Kier alpha value is -1.39. The number of nitrogens with zero attached hydrogens (tertiary/aromatic N) is 1. The topological polar surface area (TPSA) is 49.8 Å². The molecule has 4 heteroatoms. The van der Waals surface area contributed by atoms with Gasteiger partial charge in [0.25, 0.3) is 0 Å². The molecule has 2 rings (SSSR count). The first-order valence-corrected chi connectivity index (χ1v) is 6.18. The van der Waals surface area contributed by atoms with E-state index >= 15 is 0 Å². The lowest BCUT2D eigenvalue weighted by molar-refractivity contribution is -0.157. The summed E-state index contributed by atoms with van der Waals surface area (Å²) in [5, 5.41) is 9.55. The van der Waals surface area contributed by atoms with Crippen LogP contribution in [0.25, 0.3) is 0 Å². The van der Waals surface area contributed by atoms with E-state index in [1.165, 1.54) is 0 Å². The van der Waals surface area contributed by atoms with Crippen molar-refractivity contribution in [2.75, 3.05) is 7.05 Å². The van der Waals surface area contributed by atoms with Crippen LogP contribution < -0.4 is 0 Å². The first kappa shape index (κ1) is 13.1. The van der Waals surface area contributed by atoms with E-state index in [2.05, 4.69) is 0 Å². The van der Waals surface area contributed by atoms with E-state index in [1.807, 2.05) is 30.3 Å². The Morgan fingerprint density at radius 2 is 2.06 bits per heavy atom. The van der Waals surface area contributed by atoms with Crippen molar-refractivity contribution in [3.8, 4) is 0 Å². The van der Waals surface area contributed by atoms with Gasteiger partial charge in [-0.2, -0.15) is 0 Å². The van der Waals surface area contributed by atoms with E-state index in [1.54, 1.807) is 18.9 Å². The molecule has 0 bridgehead atoms. The quantitative estimate of drug-likeness (QED) is 0.635. The van der Waals surface area contributed by atoms with E-state index in [0.717, 1.165) is 18.4 Å². The van der Waals surface area contributed by atoms with Crippen molar-refractivity contribution in [2.45, 2.75) is 38.1 Å². The van der Waals surface area contributed by atoms with Crippen LogP contribution in [-0.2, 0) is 16.1 Å². The Kier molecular flexibility index (Phi) is 3.68. The molecule has 1 atom stereocenters. The molecule has 0 spiro atoms. The summed E-state index contributed by atoms with van der Waals surface area (Å²) in [6, 6.07) is 9.60. The van der Waals surface area contributed by atoms with Gasteiger partial charge in [0, 0.05) is 0 Å². The van der Waals surface area contributed by atoms with Gasteiger partial charge in [-0.15, -0.1) is 0 Å². The van der Waals surface area contributed by atoms with Crippen molar-refractivity contribution < 1.29 is 14.6 Å². The Balaban J connectivity index is 1.93. The lowest BCUT2D eigenvalue weighted by atomic mass is 10.2. The van der Waals surface area contributed by atoms with Gasteiger partial charge in [-0.3, -0.25) is 9.69 Å². The number of hydrogen-bond donors (Lipinski definition) is 1. The number of esters is 1. The number of ether oxygens (including phenoxy) is 1. The van der Waals surface area contributed by atoms with Gasteiger partial charge in [0.2, 0.25) is 0 Å². The molecule has 1 N–H and O–H groups in total. The molecular formula is C14H19NO3. The Morgan fingerprint density at radius 3 is 2.56 bits per heavy atom. The second-order valence-electron chi connectivity index (χ2n) is 4.84. The third-order valence-electron chi connectivity index (χ3n) is 3.55. The molecule has 0 radical (unpaired) electrons. The molecule has 0 heterocycles. The Bertz CT molecular complexity index is 412. The number of aliphatic hydroxyl groups is 1. The number of aliphatic hydroxyl groups excluding tert-OH is 1. The fraction of sp³-hybridized carbons (Fsp3) is 0.500. The van der Waals surface area contributed by atoms with Gasteiger partial charge >= 0.3 is 5.97 Å². The number of hydrogen-bond acceptors (Lipinski definition) is 4. The van der Waals surface area contributed by atoms with Crippen LogP contribution in [0.1, 0.15) is 25.3 Å². The zero-order valence-electron chi connectivity index (χ0n) is 10.8. The first-order valence-electron chi connectivity index (χ1n) is 6.18. The van der Waals surface area contributed by atoms with Crippen LogP contribution >= 0.6 is 0 Å². The summed E-state index contributed by atoms with van der Waals surface area (Å²) in [6.45, 7) is 1.94. The molecule has 0 aromatic heterocycles. The third-order valence-corrected chi connectivity index (χ3v) is 3.55. The SMILES string of the molecule is CC(O)N(C)C1(C(=O)OCc2ccccc2)CC1. The summed E-state index contributed by atoms with van der Waals surface area (Å²) in [7, 11) is 1.75. The van der Waals surface area contributed by atoms with Gasteiger partial charge in [-0.05, 0) is 32.4 Å². The minimum atomic E-state index is -0.642. The van der Waals surface area contributed by atoms with Crippen LogP contribution in [0, 0.1) is 0 Å². The van der Waals surface area contributed by atoms with Crippen LogP contribution in [-0.4, -0.2) is 34.8 Å². The molecule has 4 nitrogen and oxygen atoms in total. The number of carbonyl (C=O) groups is 1. The minimum absolute atomic E-state index is 0.241. The Labute approximate surface area is 107 Å². The molecule has 1 unspecified atom stereocenters. The Morgan fingerprint density at radius 1 is 1.44 bits per heavy atom. The van der Waals surface area contributed by atoms with Crippen LogP contribution in [0.5, 0.6) is 0 Å². The zero-order valence-corrected chi connectivity index (χ0v) is 10.8. The van der Waals surface area contributed by atoms with Crippen LogP contribution in [0.2, 0.25) is 0 Å². The maximum absolute atomic E-state index is 12.1. The minimum Gasteiger partial charge on any atom is -0.459 e. The highest BCUT2D eigenvalue weighted by Crippen LogP contribution is 2.42. The van der Waals surface area contributed by atoms with Crippen molar-refractivity contribution in [3.05, 3.63) is 35.9 Å². The van der Waals surface area contributed by atoms with Crippen molar-refractivity contribution >= 4 is 5.97 Å². The second-order valence-corrected chi connectivity index (χ2v) is 4.84. The lowest BCUT2D eigenvalue weighted by Crippen LogP contribution is -2.46. The normalized spacial score (nSPS) is 18.4. The highest BCUT2D eigenvalue weighted by molar-refractivity contribution is 5.84. The average Bonchev–Trinajstić information content (AvgIpc) is 3.17. The van der Waals surface area contributed by atoms with E-state index < -0.39 is 11.8 Å². The highest BCUT2D eigenvalue weighted by atomic mass is 16.5. The molecule has 1 saturated carbocycles. The maximum Gasteiger partial charge on any atom is 0.326 e. The van der Waals surface area contributed by atoms with E-state index in [4.69, 9.17) is 4.74 Å². The summed E-state index contributed by atoms with van der Waals surface area (Å²) in [5.74, 6) is -0.241. The molecule has 0 saturated heterocycles. The van der Waals surface area contributed by atoms with E-state index in [0.29, 0.717) is 0 Å². The smallest absolute Gasteiger partial charge is 0.326 e. The van der Waals surface area contributed by atoms with Crippen molar-refractivity contribution in [3.63, 3.8) is 0 Å². The van der Waals surface area contributed by atoms with Gasteiger partial charge in [0.1, 0.15) is 18.4 Å². The summed E-state index contributed by atoms with van der Waals surface area (Å²) in [6.07, 6.45) is 0.862. The lowest BCUT2D eigenvalue weighted by Gasteiger charge is -2.28. The van der Waals surface area contributed by atoms with E-state index in [9.17, 15) is 9.90 Å². The fourth-order valence-corrected chi connectivity index (χ4v) is 2.03. The van der Waals surface area contributed by atoms with Gasteiger partial charge < -0.3 is 9.84 Å². The molecule has 1 fully saturated rings. The van der Waals surface area contributed by atoms with Crippen LogP contribution in [0.3, 0.4) is 0 Å². The number of benzene rings is 1. The van der Waals surface area contributed by atoms with Crippen LogP contribution in [0.4, 0.5) is 0 Å². The number of likely N-dealkylation sites (N-methyl/N-ethyl adjacent to an activating group) is 1. The molecule has 1 aliphatic rings. The number of carbonyl (C=O) groups excluding carboxylic acids is 1. The summed E-state index contributed by atoms with van der Waals surface area (Å²) in [4.78, 5) is 13.8. The largest absolute Gasteiger partial charge is 0.459 e. The molecule has 0 aliphatic heterocycles. The van der Waals surface area contributed by atoms with Gasteiger partial charge in [-0.1, -0.05) is 30.3 Å². The summed E-state index contributed by atoms with van der Waals surface area (Å²) in [5.41, 5.74) is 0.365. The van der Waals surface area contributed by atoms with Crippen molar-refractivity contribution in [2.24, 2.45) is 0 Å². The third kappa shape index (κ3) is 2.54. The average molecular weight is 249 g/mol. The number of rotatable bonds is 5. The molecule has 0 amide bonds. The maximum atomic E-state index is 12.1. The molecule has 18 heavy (non-hydrogen) atoms. The zero-order chi connectivity index (χ0) is 13.2. The van der Waals surface area contributed by atoms with Crippen molar-refractivity contribution in [1.29, 1.82) is 0 Å². The fourth-order valence-electron chi connectivity index (χ4n) is 2.03. The summed E-state index contributed by atoms with van der Waals surface area (Å²) >= 11 is 0. The first-order chi connectivity index (χ1) is 8.56. The molecule has 1 aliphatic carbocycles. The second kappa shape index (κ2) is 5.08. The predicted molar refractivity (Wildman–Crippen MR) is 67.6 cm³/mol. The van der Waals surface area contributed by atoms with Crippen LogP contribution in [0.15, 0.2) is 30.3 Å². The molecular weight excluding hydrogens is 230 g/mol. The predicted octanol–water partition coefficient (Wildman–Crippen LogP) is 1.53. The van der Waals surface area contributed by atoms with Gasteiger partial charge in [0.05, 0.1) is 0 Å². The molecule has 98 valence electrons. The monoisotopic (exact) mass is 249 g/mol. The van der Waals surface area contributed by atoms with Crippen molar-refractivity contribution in [1.82, 2.24) is 4.90 Å².